The lowest BCUT2D eigenvalue weighted by Crippen LogP contribution is -2.23. The van der Waals surface area contributed by atoms with Gasteiger partial charge in [0.15, 0.2) is 5.16 Å². The maximum absolute atomic E-state index is 12.3. The number of imidazole rings is 1. The number of hydrogen-bond donors (Lipinski definition) is 2. The summed E-state index contributed by atoms with van der Waals surface area (Å²) < 4.78 is 5.19. The number of rotatable bonds is 5. The van der Waals surface area contributed by atoms with Crippen molar-refractivity contribution in [2.75, 3.05) is 12.4 Å². The fourth-order valence-corrected chi connectivity index (χ4v) is 2.98. The molecule has 24 heavy (non-hydrogen) atoms. The van der Waals surface area contributed by atoms with E-state index in [1.165, 1.54) is 18.0 Å². The number of thioether (sulfide) groups is 1. The number of aromatic amines is 1. The van der Waals surface area contributed by atoms with Crippen molar-refractivity contribution < 1.29 is 9.53 Å². The summed E-state index contributed by atoms with van der Waals surface area (Å²) in [6.45, 7) is 1.81. The lowest BCUT2D eigenvalue weighted by Gasteiger charge is -2.09. The van der Waals surface area contributed by atoms with Crippen molar-refractivity contribution in [3.63, 3.8) is 0 Å². The van der Waals surface area contributed by atoms with Gasteiger partial charge in [0.05, 0.1) is 28.4 Å². The van der Waals surface area contributed by atoms with Crippen molar-refractivity contribution in [3.8, 4) is 5.75 Å². The standard InChI is InChI=1S/C16H15ClN4O2S/c1-9(15(22)21-14-6-3-10(17)8-18-14)24-16-19-12-5-4-11(23-2)7-13(12)20-16/h3-9H,1-2H3,(H,19,20)(H,18,21,22). The number of amides is 1. The van der Waals surface area contributed by atoms with Crippen molar-refractivity contribution >= 4 is 46.1 Å². The van der Waals surface area contributed by atoms with Crippen LogP contribution in [0.25, 0.3) is 11.0 Å². The first-order chi connectivity index (χ1) is 11.5. The summed E-state index contributed by atoms with van der Waals surface area (Å²) in [4.78, 5) is 24.0. The normalized spacial score (nSPS) is 12.1. The molecule has 6 nitrogen and oxygen atoms in total. The molecule has 124 valence electrons. The maximum Gasteiger partial charge on any atom is 0.238 e. The van der Waals surface area contributed by atoms with Gasteiger partial charge >= 0.3 is 0 Å². The van der Waals surface area contributed by atoms with Crippen LogP contribution in [0.3, 0.4) is 0 Å². The predicted molar refractivity (Wildman–Crippen MR) is 95.8 cm³/mol. The number of methoxy groups -OCH3 is 1. The van der Waals surface area contributed by atoms with E-state index in [0.29, 0.717) is 16.0 Å². The van der Waals surface area contributed by atoms with Crippen molar-refractivity contribution in [2.24, 2.45) is 0 Å². The van der Waals surface area contributed by atoms with Gasteiger partial charge in [-0.15, -0.1) is 0 Å². The number of carbonyl (C=O) groups excluding carboxylic acids is 1. The Bertz CT molecular complexity index is 866. The molecule has 0 aliphatic heterocycles. The average Bonchev–Trinajstić information content (AvgIpc) is 2.97. The van der Waals surface area contributed by atoms with Gasteiger partial charge in [-0.3, -0.25) is 4.79 Å². The SMILES string of the molecule is COc1ccc2nc(SC(C)C(=O)Nc3ccc(Cl)cn3)[nH]c2c1. The first kappa shape index (κ1) is 16.6. The molecule has 3 rings (SSSR count). The van der Waals surface area contributed by atoms with Gasteiger partial charge in [-0.05, 0) is 31.2 Å². The smallest absolute Gasteiger partial charge is 0.238 e. The molecule has 0 spiro atoms. The van der Waals surface area contributed by atoms with Crippen LogP contribution in [0.2, 0.25) is 5.02 Å². The van der Waals surface area contributed by atoms with E-state index < -0.39 is 0 Å². The first-order valence-electron chi connectivity index (χ1n) is 7.18. The predicted octanol–water partition coefficient (Wildman–Crippen LogP) is 3.74. The minimum Gasteiger partial charge on any atom is -0.497 e. The lowest BCUT2D eigenvalue weighted by atomic mass is 10.3. The summed E-state index contributed by atoms with van der Waals surface area (Å²) in [6, 6.07) is 8.92. The molecular weight excluding hydrogens is 348 g/mol. The molecule has 2 N–H and O–H groups in total. The summed E-state index contributed by atoms with van der Waals surface area (Å²) in [5, 5.41) is 3.60. The largest absolute Gasteiger partial charge is 0.497 e. The number of hydrogen-bond acceptors (Lipinski definition) is 5. The van der Waals surface area contributed by atoms with Crippen molar-refractivity contribution in [1.82, 2.24) is 15.0 Å². The quantitative estimate of drug-likeness (QED) is 0.676. The fourth-order valence-electron chi connectivity index (χ4n) is 2.05. The monoisotopic (exact) mass is 362 g/mol. The minimum absolute atomic E-state index is 0.159. The zero-order valence-corrected chi connectivity index (χ0v) is 14.6. The van der Waals surface area contributed by atoms with Crippen LogP contribution in [0.1, 0.15) is 6.92 Å². The van der Waals surface area contributed by atoms with E-state index in [1.54, 1.807) is 19.2 Å². The van der Waals surface area contributed by atoms with Crippen LogP contribution in [-0.2, 0) is 4.79 Å². The highest BCUT2D eigenvalue weighted by Crippen LogP contribution is 2.26. The van der Waals surface area contributed by atoms with Gasteiger partial charge in [0.2, 0.25) is 5.91 Å². The van der Waals surface area contributed by atoms with Gasteiger partial charge in [-0.25, -0.2) is 9.97 Å². The summed E-state index contributed by atoms with van der Waals surface area (Å²) in [6.07, 6.45) is 1.49. The zero-order valence-electron chi connectivity index (χ0n) is 13.0. The van der Waals surface area contributed by atoms with Crippen LogP contribution in [0.4, 0.5) is 5.82 Å². The molecule has 0 aliphatic carbocycles. The van der Waals surface area contributed by atoms with Crippen LogP contribution < -0.4 is 10.1 Å². The second-order valence-corrected chi connectivity index (χ2v) is 6.80. The highest BCUT2D eigenvalue weighted by atomic mass is 35.5. The third-order valence-corrected chi connectivity index (χ3v) is 4.51. The van der Waals surface area contributed by atoms with Gasteiger partial charge in [-0.2, -0.15) is 0 Å². The summed E-state index contributed by atoms with van der Waals surface area (Å²) in [7, 11) is 1.62. The van der Waals surface area contributed by atoms with E-state index in [2.05, 4.69) is 20.3 Å². The Morgan fingerprint density at radius 3 is 2.92 bits per heavy atom. The van der Waals surface area contributed by atoms with Gasteiger partial charge in [0.1, 0.15) is 11.6 Å². The molecule has 1 atom stereocenters. The Balaban J connectivity index is 1.68. The Labute approximate surface area is 148 Å². The van der Waals surface area contributed by atoms with E-state index >= 15 is 0 Å². The molecule has 1 amide bonds. The van der Waals surface area contributed by atoms with Crippen LogP contribution in [0.15, 0.2) is 41.7 Å². The molecule has 2 aromatic heterocycles. The van der Waals surface area contributed by atoms with E-state index in [0.717, 1.165) is 16.8 Å². The molecule has 3 aromatic rings. The minimum atomic E-state index is -0.343. The Kier molecular flexibility index (Phi) is 4.92. The lowest BCUT2D eigenvalue weighted by molar-refractivity contribution is -0.115. The van der Waals surface area contributed by atoms with Crippen molar-refractivity contribution in [2.45, 2.75) is 17.3 Å². The highest BCUT2D eigenvalue weighted by molar-refractivity contribution is 8.00. The third-order valence-electron chi connectivity index (χ3n) is 3.30. The molecule has 0 radical (unpaired) electrons. The molecular formula is C16H15ClN4O2S. The number of benzene rings is 1. The Morgan fingerprint density at radius 1 is 1.38 bits per heavy atom. The second-order valence-electron chi connectivity index (χ2n) is 5.04. The number of pyridine rings is 1. The van der Waals surface area contributed by atoms with Crippen molar-refractivity contribution in [3.05, 3.63) is 41.6 Å². The second kappa shape index (κ2) is 7.11. The number of H-pyrrole nitrogens is 1. The third kappa shape index (κ3) is 3.80. The van der Waals surface area contributed by atoms with Crippen LogP contribution in [0, 0.1) is 0 Å². The molecule has 1 aromatic carbocycles. The van der Waals surface area contributed by atoms with Gasteiger partial charge in [0, 0.05) is 12.3 Å². The van der Waals surface area contributed by atoms with Gasteiger partial charge in [0.25, 0.3) is 0 Å². The number of anilines is 1. The summed E-state index contributed by atoms with van der Waals surface area (Å²) >= 11 is 7.12. The summed E-state index contributed by atoms with van der Waals surface area (Å²) in [5.74, 6) is 1.06. The van der Waals surface area contributed by atoms with E-state index in [1.807, 2.05) is 25.1 Å². The Hall–Kier alpha value is -2.25. The van der Waals surface area contributed by atoms with E-state index in [-0.39, 0.29) is 11.2 Å². The van der Waals surface area contributed by atoms with Crippen molar-refractivity contribution in [1.29, 1.82) is 0 Å². The topological polar surface area (TPSA) is 79.9 Å². The molecule has 2 heterocycles. The highest BCUT2D eigenvalue weighted by Gasteiger charge is 2.17. The number of carbonyl (C=O) groups is 1. The number of aromatic nitrogens is 3. The Morgan fingerprint density at radius 2 is 2.21 bits per heavy atom. The van der Waals surface area contributed by atoms with E-state index in [4.69, 9.17) is 16.3 Å². The summed E-state index contributed by atoms with van der Waals surface area (Å²) in [5.41, 5.74) is 1.69. The van der Waals surface area contributed by atoms with E-state index in [9.17, 15) is 4.79 Å². The number of halogens is 1. The molecule has 8 heteroatoms. The maximum atomic E-state index is 12.3. The zero-order chi connectivity index (χ0) is 17.1. The molecule has 0 saturated heterocycles. The molecule has 1 unspecified atom stereocenters. The molecule has 0 saturated carbocycles. The number of fused-ring (bicyclic) bond motifs is 1. The molecule has 0 aliphatic rings. The first-order valence-corrected chi connectivity index (χ1v) is 8.44. The number of nitrogens with zero attached hydrogens (tertiary/aromatic N) is 2. The van der Waals surface area contributed by atoms with Gasteiger partial charge in [-0.1, -0.05) is 23.4 Å². The van der Waals surface area contributed by atoms with Crippen LogP contribution >= 0.6 is 23.4 Å². The number of nitrogens with one attached hydrogen (secondary N) is 2. The van der Waals surface area contributed by atoms with Crippen LogP contribution in [-0.4, -0.2) is 33.2 Å². The average molecular weight is 363 g/mol. The fraction of sp³-hybridized carbons (Fsp3) is 0.188. The number of ether oxygens (including phenoxy) is 1. The molecule has 0 fully saturated rings. The van der Waals surface area contributed by atoms with Gasteiger partial charge < -0.3 is 15.0 Å². The molecule has 0 bridgehead atoms. The van der Waals surface area contributed by atoms with Crippen LogP contribution in [0.5, 0.6) is 5.75 Å².